The van der Waals surface area contributed by atoms with E-state index < -0.39 is 17.4 Å². The molecule has 11 heteroatoms. The molecule has 196 valence electrons. The summed E-state index contributed by atoms with van der Waals surface area (Å²) < 4.78 is 26.0. The fourth-order valence-corrected chi connectivity index (χ4v) is 4.81. The number of hydrogen-bond donors (Lipinski definition) is 1. The molecule has 2 aromatic heterocycles. The zero-order valence-electron chi connectivity index (χ0n) is 21.7. The van der Waals surface area contributed by atoms with Crippen LogP contribution >= 0.6 is 0 Å². The third-order valence-electron chi connectivity index (χ3n) is 6.56. The van der Waals surface area contributed by atoms with Crippen LogP contribution in [0.3, 0.4) is 0 Å². The lowest BCUT2D eigenvalue weighted by molar-refractivity contribution is 0.0240. The second-order valence-electron chi connectivity index (χ2n) is 10.4. The molecule has 3 amide bonds. The number of carbonyl (C=O) groups is 2. The van der Waals surface area contributed by atoms with Crippen LogP contribution in [0.4, 0.5) is 31.2 Å². The van der Waals surface area contributed by atoms with Crippen LogP contribution in [-0.2, 0) is 11.2 Å². The molecule has 2 aliphatic heterocycles. The van der Waals surface area contributed by atoms with Crippen LogP contribution < -0.4 is 15.1 Å². The summed E-state index contributed by atoms with van der Waals surface area (Å²) in [5.74, 6) is 0.439. The number of piperazine rings is 1. The summed E-state index contributed by atoms with van der Waals surface area (Å²) in [6.45, 7) is 11.6. The first-order valence-corrected chi connectivity index (χ1v) is 12.4. The molecule has 1 saturated heterocycles. The number of hydrogen-bond acceptors (Lipinski definition) is 7. The largest absolute Gasteiger partial charge is 0.444 e. The van der Waals surface area contributed by atoms with E-state index in [4.69, 9.17) is 9.15 Å². The average molecular weight is 511 g/mol. The Labute approximate surface area is 214 Å². The molecule has 0 bridgehead atoms. The number of pyridine rings is 1. The number of anilines is 3. The van der Waals surface area contributed by atoms with Crippen molar-refractivity contribution in [2.75, 3.05) is 47.8 Å². The number of nitrogens with one attached hydrogen (secondary N) is 1. The number of amides is 3. The standard InChI is InChI=1S/C26H31FN6O4/c1-15-21(27)18(14-20-22(15)29-16(2)36-20)30-24(34)33-9-7-17-19(6-8-28-23(17)33)31-10-12-32(13-11-31)25(35)37-26(3,4)5/h6,8,14H,7,9-13H2,1-5H3,(H,30,34). The molecule has 0 radical (unpaired) electrons. The van der Waals surface area contributed by atoms with E-state index >= 15 is 0 Å². The van der Waals surface area contributed by atoms with Crippen LogP contribution in [0.25, 0.3) is 11.1 Å². The van der Waals surface area contributed by atoms with Gasteiger partial charge < -0.3 is 24.3 Å². The highest BCUT2D eigenvalue weighted by Crippen LogP contribution is 2.35. The Kier molecular flexibility index (Phi) is 6.17. The molecule has 1 fully saturated rings. The van der Waals surface area contributed by atoms with Crippen LogP contribution in [0, 0.1) is 19.7 Å². The highest BCUT2D eigenvalue weighted by molar-refractivity contribution is 6.04. The first kappa shape index (κ1) is 24.8. The van der Waals surface area contributed by atoms with E-state index in [2.05, 4.69) is 20.2 Å². The number of aryl methyl sites for hydroxylation is 2. The molecule has 3 aromatic rings. The number of fused-ring (bicyclic) bond motifs is 2. The van der Waals surface area contributed by atoms with Gasteiger partial charge in [0.25, 0.3) is 0 Å². The second-order valence-corrected chi connectivity index (χ2v) is 10.4. The SMILES string of the molecule is Cc1nc2c(C)c(F)c(NC(=O)N3CCc4c(N5CCN(C(=O)OC(C)(C)C)CC5)ccnc43)cc2o1. The van der Waals surface area contributed by atoms with Gasteiger partial charge in [0.1, 0.15) is 16.9 Å². The Morgan fingerprint density at radius 3 is 2.57 bits per heavy atom. The summed E-state index contributed by atoms with van der Waals surface area (Å²) >= 11 is 0. The predicted molar refractivity (Wildman–Crippen MR) is 138 cm³/mol. The smallest absolute Gasteiger partial charge is 0.410 e. The lowest BCUT2D eigenvalue weighted by atomic mass is 10.1. The van der Waals surface area contributed by atoms with E-state index in [-0.39, 0.29) is 11.8 Å². The maximum atomic E-state index is 15.0. The van der Waals surface area contributed by atoms with Crippen molar-refractivity contribution in [1.29, 1.82) is 0 Å². The lowest BCUT2D eigenvalue weighted by Gasteiger charge is -2.37. The minimum Gasteiger partial charge on any atom is -0.444 e. The van der Waals surface area contributed by atoms with Crippen LogP contribution in [0.5, 0.6) is 0 Å². The zero-order chi connectivity index (χ0) is 26.5. The number of oxazole rings is 1. The summed E-state index contributed by atoms with van der Waals surface area (Å²) in [6, 6.07) is 2.93. The van der Waals surface area contributed by atoms with Gasteiger partial charge in [0.05, 0.1) is 5.69 Å². The first-order valence-electron chi connectivity index (χ1n) is 12.4. The number of rotatable bonds is 2. The van der Waals surface area contributed by atoms with Gasteiger partial charge in [-0.15, -0.1) is 0 Å². The van der Waals surface area contributed by atoms with Crippen LogP contribution in [0.15, 0.2) is 22.7 Å². The molecule has 10 nitrogen and oxygen atoms in total. The highest BCUT2D eigenvalue weighted by atomic mass is 19.1. The number of benzene rings is 1. The minimum atomic E-state index is -0.543. The van der Waals surface area contributed by atoms with Gasteiger partial charge in [-0.2, -0.15) is 0 Å². The quantitative estimate of drug-likeness (QED) is 0.536. The van der Waals surface area contributed by atoms with Crippen molar-refractivity contribution in [3.63, 3.8) is 0 Å². The van der Waals surface area contributed by atoms with Crippen molar-refractivity contribution in [2.24, 2.45) is 0 Å². The Morgan fingerprint density at radius 1 is 1.14 bits per heavy atom. The number of halogens is 1. The molecule has 0 saturated carbocycles. The molecule has 5 rings (SSSR count). The van der Waals surface area contributed by atoms with E-state index in [0.717, 1.165) is 11.3 Å². The Hall–Kier alpha value is -3.89. The molecule has 0 spiro atoms. The molecular formula is C26H31FN6O4. The summed E-state index contributed by atoms with van der Waals surface area (Å²) in [7, 11) is 0. The molecule has 1 aromatic carbocycles. The van der Waals surface area contributed by atoms with Gasteiger partial charge in [-0.25, -0.2) is 23.9 Å². The van der Waals surface area contributed by atoms with E-state index in [1.165, 1.54) is 11.0 Å². The molecule has 4 heterocycles. The first-order chi connectivity index (χ1) is 17.5. The Morgan fingerprint density at radius 2 is 1.86 bits per heavy atom. The average Bonchev–Trinajstić information content (AvgIpc) is 3.44. The highest BCUT2D eigenvalue weighted by Gasteiger charge is 2.32. The maximum Gasteiger partial charge on any atom is 0.410 e. The normalized spacial score (nSPS) is 15.8. The van der Waals surface area contributed by atoms with Gasteiger partial charge in [0.15, 0.2) is 17.3 Å². The van der Waals surface area contributed by atoms with Gasteiger partial charge >= 0.3 is 12.1 Å². The van der Waals surface area contributed by atoms with E-state index in [9.17, 15) is 14.0 Å². The molecule has 2 aliphatic rings. The maximum absolute atomic E-state index is 15.0. The third-order valence-corrected chi connectivity index (χ3v) is 6.56. The minimum absolute atomic E-state index is 0.0361. The van der Waals surface area contributed by atoms with E-state index in [1.807, 2.05) is 26.8 Å². The molecular weight excluding hydrogens is 479 g/mol. The Bertz CT molecular complexity index is 1370. The van der Waals surface area contributed by atoms with Crippen molar-refractivity contribution in [2.45, 2.75) is 46.6 Å². The topological polar surface area (TPSA) is 104 Å². The molecule has 1 N–H and O–H groups in total. The fourth-order valence-electron chi connectivity index (χ4n) is 4.81. The van der Waals surface area contributed by atoms with Gasteiger partial charge in [-0.1, -0.05) is 0 Å². The number of urea groups is 1. The zero-order valence-corrected chi connectivity index (χ0v) is 21.7. The lowest BCUT2D eigenvalue weighted by Crippen LogP contribution is -2.50. The van der Waals surface area contributed by atoms with Crippen LogP contribution in [-0.4, -0.2) is 65.3 Å². The van der Waals surface area contributed by atoms with Crippen molar-refractivity contribution in [1.82, 2.24) is 14.9 Å². The summed E-state index contributed by atoms with van der Waals surface area (Å²) in [4.78, 5) is 39.7. The van der Waals surface area contributed by atoms with Crippen molar-refractivity contribution in [3.05, 3.63) is 41.2 Å². The molecule has 0 unspecified atom stereocenters. The van der Waals surface area contributed by atoms with Crippen LogP contribution in [0.1, 0.15) is 37.8 Å². The van der Waals surface area contributed by atoms with Crippen molar-refractivity contribution >= 4 is 40.4 Å². The van der Waals surface area contributed by atoms with E-state index in [1.54, 1.807) is 24.9 Å². The molecule has 37 heavy (non-hydrogen) atoms. The van der Waals surface area contributed by atoms with Gasteiger partial charge in [0.2, 0.25) is 0 Å². The van der Waals surface area contributed by atoms with E-state index in [0.29, 0.717) is 67.5 Å². The second kappa shape index (κ2) is 9.20. The third kappa shape index (κ3) is 4.77. The van der Waals surface area contributed by atoms with Crippen molar-refractivity contribution in [3.8, 4) is 0 Å². The van der Waals surface area contributed by atoms with Gasteiger partial charge in [0, 0.05) is 68.7 Å². The predicted octanol–water partition coefficient (Wildman–Crippen LogP) is 4.63. The number of aromatic nitrogens is 2. The number of ether oxygens (including phenoxy) is 1. The summed E-state index contributed by atoms with van der Waals surface area (Å²) in [5.41, 5.74) is 2.63. The number of nitrogens with zero attached hydrogens (tertiary/aromatic N) is 5. The monoisotopic (exact) mass is 510 g/mol. The fraction of sp³-hybridized carbons (Fsp3) is 0.462. The van der Waals surface area contributed by atoms with Crippen LogP contribution in [0.2, 0.25) is 0 Å². The van der Waals surface area contributed by atoms with Gasteiger partial charge in [-0.05, 0) is 40.2 Å². The van der Waals surface area contributed by atoms with Gasteiger partial charge in [-0.3, -0.25) is 4.90 Å². The number of carbonyl (C=O) groups excluding carboxylic acids is 2. The van der Waals surface area contributed by atoms with Crippen molar-refractivity contribution < 1.29 is 23.1 Å². The summed E-state index contributed by atoms with van der Waals surface area (Å²) in [6.07, 6.45) is 1.99. The molecule has 0 aliphatic carbocycles. The summed E-state index contributed by atoms with van der Waals surface area (Å²) in [5, 5.41) is 2.68. The molecule has 0 atom stereocenters. The Balaban J connectivity index is 1.30.